The highest BCUT2D eigenvalue weighted by Crippen LogP contribution is 2.25. The van der Waals surface area contributed by atoms with Crippen molar-refractivity contribution in [1.82, 2.24) is 0 Å². The summed E-state index contributed by atoms with van der Waals surface area (Å²) in [5, 5.41) is 9.03. The van der Waals surface area contributed by atoms with Gasteiger partial charge in [-0.15, -0.1) is 0 Å². The quantitative estimate of drug-likeness (QED) is 0.442. The van der Waals surface area contributed by atoms with Gasteiger partial charge in [0, 0.05) is 18.3 Å². The number of carboxylic acid groups (broad SMARTS) is 1. The van der Waals surface area contributed by atoms with E-state index in [1.54, 1.807) is 20.8 Å². The minimum atomic E-state index is -0.758. The number of carboxylic acids is 1. The fourth-order valence-corrected chi connectivity index (χ4v) is 2.54. The molecule has 0 unspecified atom stereocenters. The molecule has 0 aromatic heterocycles. The second kappa shape index (κ2) is 10.6. The zero-order chi connectivity index (χ0) is 18.8. The smallest absolute Gasteiger partial charge is 0.309 e. The lowest BCUT2D eigenvalue weighted by atomic mass is 9.83. The van der Waals surface area contributed by atoms with Crippen molar-refractivity contribution in [1.29, 1.82) is 0 Å². The van der Waals surface area contributed by atoms with Gasteiger partial charge in [-0.3, -0.25) is 14.4 Å². The molecule has 0 atom stereocenters. The molecule has 0 rings (SSSR count). The first-order valence-electron chi connectivity index (χ1n) is 9.25. The summed E-state index contributed by atoms with van der Waals surface area (Å²) in [6.45, 7) is 9.08. The first-order valence-corrected chi connectivity index (χ1v) is 9.25. The van der Waals surface area contributed by atoms with Crippen LogP contribution >= 0.6 is 0 Å². The van der Waals surface area contributed by atoms with Gasteiger partial charge in [0.05, 0.1) is 5.41 Å². The van der Waals surface area contributed by atoms with Crippen molar-refractivity contribution >= 4 is 17.5 Å². The summed E-state index contributed by atoms with van der Waals surface area (Å²) in [4.78, 5) is 34.2. The summed E-state index contributed by atoms with van der Waals surface area (Å²) in [5.74, 6) is -0.227. The van der Waals surface area contributed by atoms with Gasteiger partial charge in [0.1, 0.15) is 11.6 Å². The van der Waals surface area contributed by atoms with Crippen molar-refractivity contribution in [2.75, 3.05) is 0 Å². The van der Waals surface area contributed by atoms with E-state index in [0.717, 1.165) is 44.9 Å². The van der Waals surface area contributed by atoms with E-state index in [2.05, 4.69) is 0 Å². The van der Waals surface area contributed by atoms with Gasteiger partial charge in [-0.25, -0.2) is 0 Å². The first-order chi connectivity index (χ1) is 11.0. The van der Waals surface area contributed by atoms with Crippen LogP contribution in [0, 0.1) is 10.8 Å². The van der Waals surface area contributed by atoms with Crippen molar-refractivity contribution < 1.29 is 19.5 Å². The Morgan fingerprint density at radius 2 is 1.12 bits per heavy atom. The molecular formula is C20H36O4. The van der Waals surface area contributed by atoms with E-state index < -0.39 is 11.4 Å². The van der Waals surface area contributed by atoms with E-state index in [0.29, 0.717) is 25.0 Å². The van der Waals surface area contributed by atoms with Crippen LogP contribution in [0.3, 0.4) is 0 Å². The summed E-state index contributed by atoms with van der Waals surface area (Å²) >= 11 is 0. The molecule has 4 nitrogen and oxygen atoms in total. The van der Waals surface area contributed by atoms with Crippen LogP contribution in [0.25, 0.3) is 0 Å². The van der Waals surface area contributed by atoms with Crippen LogP contribution < -0.4 is 0 Å². The van der Waals surface area contributed by atoms with E-state index in [9.17, 15) is 14.4 Å². The average Bonchev–Trinajstić information content (AvgIpc) is 2.45. The van der Waals surface area contributed by atoms with Gasteiger partial charge >= 0.3 is 5.97 Å². The average molecular weight is 341 g/mol. The van der Waals surface area contributed by atoms with Gasteiger partial charge in [0.25, 0.3) is 0 Å². The summed E-state index contributed by atoms with van der Waals surface area (Å²) in [7, 11) is 0. The Hall–Kier alpha value is -1.19. The van der Waals surface area contributed by atoms with Gasteiger partial charge in [-0.05, 0) is 46.5 Å². The molecule has 24 heavy (non-hydrogen) atoms. The molecule has 140 valence electrons. The maximum Gasteiger partial charge on any atom is 0.309 e. The molecule has 0 aliphatic rings. The number of Topliss-reactive ketones (excluding diaryl/α,β-unsaturated/α-hetero) is 2. The van der Waals surface area contributed by atoms with Gasteiger partial charge in [0.2, 0.25) is 0 Å². The SMILES string of the molecule is CC(=O)C(C)(C)CCCCCC(=O)CCCCCC(C)(C)C(=O)O. The number of hydrogen-bond acceptors (Lipinski definition) is 3. The Kier molecular flexibility index (Phi) is 10.1. The highest BCUT2D eigenvalue weighted by molar-refractivity contribution is 5.81. The predicted molar refractivity (Wildman–Crippen MR) is 97.1 cm³/mol. The van der Waals surface area contributed by atoms with Crippen LogP contribution in [-0.2, 0) is 14.4 Å². The lowest BCUT2D eigenvalue weighted by Gasteiger charge is -2.20. The van der Waals surface area contributed by atoms with Crippen LogP contribution in [0.2, 0.25) is 0 Å². The molecule has 0 saturated carbocycles. The zero-order valence-corrected chi connectivity index (χ0v) is 16.2. The second-order valence-corrected chi connectivity index (χ2v) is 8.29. The van der Waals surface area contributed by atoms with E-state index >= 15 is 0 Å². The molecule has 0 radical (unpaired) electrons. The van der Waals surface area contributed by atoms with Gasteiger partial charge < -0.3 is 5.11 Å². The third kappa shape index (κ3) is 9.84. The Morgan fingerprint density at radius 3 is 1.50 bits per heavy atom. The minimum Gasteiger partial charge on any atom is -0.481 e. The van der Waals surface area contributed by atoms with Crippen molar-refractivity contribution in [3.05, 3.63) is 0 Å². The molecule has 0 aromatic carbocycles. The molecule has 0 amide bonds. The lowest BCUT2D eigenvalue weighted by molar-refractivity contribution is -0.147. The van der Waals surface area contributed by atoms with E-state index in [1.165, 1.54) is 0 Å². The number of carbonyl (C=O) groups is 3. The normalized spacial score (nSPS) is 12.2. The van der Waals surface area contributed by atoms with E-state index in [1.807, 2.05) is 13.8 Å². The van der Waals surface area contributed by atoms with Gasteiger partial charge in [-0.2, -0.15) is 0 Å². The Bertz CT molecular complexity index is 383. The molecule has 0 aromatic rings. The molecule has 0 heterocycles. The fraction of sp³-hybridized carbons (Fsp3) is 0.850. The van der Waals surface area contributed by atoms with Crippen LogP contribution in [0.15, 0.2) is 0 Å². The van der Waals surface area contributed by atoms with Crippen molar-refractivity contribution in [2.24, 2.45) is 10.8 Å². The minimum absolute atomic E-state index is 0.227. The van der Waals surface area contributed by atoms with Crippen molar-refractivity contribution in [3.8, 4) is 0 Å². The predicted octanol–water partition coefficient (Wildman–Crippen LogP) is 5.18. The fourth-order valence-electron chi connectivity index (χ4n) is 2.54. The number of ketones is 2. The first kappa shape index (κ1) is 22.8. The summed E-state index contributed by atoms with van der Waals surface area (Å²) in [6, 6.07) is 0. The van der Waals surface area contributed by atoms with Crippen molar-refractivity contribution in [3.63, 3.8) is 0 Å². The molecule has 0 saturated heterocycles. The molecule has 1 N–H and O–H groups in total. The number of rotatable bonds is 14. The second-order valence-electron chi connectivity index (χ2n) is 8.29. The highest BCUT2D eigenvalue weighted by Gasteiger charge is 2.26. The number of carbonyl (C=O) groups excluding carboxylic acids is 2. The van der Waals surface area contributed by atoms with Crippen LogP contribution in [0.4, 0.5) is 0 Å². The Labute approximate surface area is 147 Å². The third-order valence-corrected chi connectivity index (χ3v) is 5.05. The number of hydrogen-bond donors (Lipinski definition) is 1. The molecule has 0 bridgehead atoms. The Balaban J connectivity index is 3.65. The molecule has 0 spiro atoms. The molecule has 0 aliphatic carbocycles. The number of unbranched alkanes of at least 4 members (excludes halogenated alkanes) is 4. The topological polar surface area (TPSA) is 71.4 Å². The standard InChI is InChI=1S/C20H36O4/c1-16(21)19(2,3)14-10-6-8-12-17(22)13-9-7-11-15-20(4,5)18(23)24/h6-15H2,1-5H3,(H,23,24). The van der Waals surface area contributed by atoms with Crippen LogP contribution in [-0.4, -0.2) is 22.6 Å². The molecular weight excluding hydrogens is 304 g/mol. The summed E-state index contributed by atoms with van der Waals surface area (Å²) < 4.78 is 0. The summed E-state index contributed by atoms with van der Waals surface area (Å²) in [6.07, 6.45) is 8.28. The maximum absolute atomic E-state index is 11.8. The number of aliphatic carboxylic acids is 1. The molecule has 0 aliphatic heterocycles. The summed E-state index contributed by atoms with van der Waals surface area (Å²) in [5.41, 5.74) is -0.911. The maximum atomic E-state index is 11.8. The van der Waals surface area contributed by atoms with E-state index in [4.69, 9.17) is 5.11 Å². The third-order valence-electron chi connectivity index (χ3n) is 5.05. The molecule has 4 heteroatoms. The zero-order valence-electron chi connectivity index (χ0n) is 16.2. The van der Waals surface area contributed by atoms with Gasteiger partial charge in [-0.1, -0.05) is 39.5 Å². The van der Waals surface area contributed by atoms with Crippen molar-refractivity contribution in [2.45, 2.75) is 98.8 Å². The largest absolute Gasteiger partial charge is 0.481 e. The van der Waals surface area contributed by atoms with Gasteiger partial charge in [0.15, 0.2) is 0 Å². The Morgan fingerprint density at radius 1 is 0.708 bits per heavy atom. The monoisotopic (exact) mass is 340 g/mol. The van der Waals surface area contributed by atoms with E-state index in [-0.39, 0.29) is 11.2 Å². The van der Waals surface area contributed by atoms with Crippen LogP contribution in [0.5, 0.6) is 0 Å². The van der Waals surface area contributed by atoms with Crippen LogP contribution in [0.1, 0.15) is 98.8 Å². The highest BCUT2D eigenvalue weighted by atomic mass is 16.4. The lowest BCUT2D eigenvalue weighted by Crippen LogP contribution is -2.23. The molecule has 0 fully saturated rings.